The Kier molecular flexibility index (Phi) is 6.68. The largest absolute Gasteiger partial charge is 0.462 e. The van der Waals surface area contributed by atoms with E-state index >= 15 is 0 Å². The first-order valence-corrected chi connectivity index (χ1v) is 11.5. The highest BCUT2D eigenvalue weighted by Gasteiger charge is 2.61. The third-order valence-corrected chi connectivity index (χ3v) is 7.87. The quantitative estimate of drug-likeness (QED) is 0.390. The maximum Gasteiger partial charge on any atom is 0.303 e. The average Bonchev–Trinajstić information content (AvgIpc) is 2.66. The third-order valence-electron chi connectivity index (χ3n) is 7.87. The lowest BCUT2D eigenvalue weighted by Crippen LogP contribution is -2.62. The van der Waals surface area contributed by atoms with E-state index in [1.807, 2.05) is 39.8 Å². The molecule has 0 aromatic heterocycles. The topological polar surface area (TPSA) is 99.1 Å². The molecule has 0 radical (unpaired) electrons. The van der Waals surface area contributed by atoms with Crippen LogP contribution in [-0.2, 0) is 28.6 Å². The molecule has 0 saturated heterocycles. The van der Waals surface area contributed by atoms with Gasteiger partial charge in [0.1, 0.15) is 18.3 Å². The Morgan fingerprint density at radius 3 is 2.15 bits per heavy atom. The number of fused-ring (bicyclic) bond motifs is 3. The van der Waals surface area contributed by atoms with Gasteiger partial charge in [0, 0.05) is 38.0 Å². The van der Waals surface area contributed by atoms with Gasteiger partial charge in [0.2, 0.25) is 0 Å². The lowest BCUT2D eigenvalue weighted by atomic mass is 9.50. The predicted octanol–water partition coefficient (Wildman–Crippen LogP) is 3.66. The molecule has 7 heteroatoms. The Balaban J connectivity index is 2.34. The fraction of sp³-hybridized carbons (Fsp3) is 0.654. The minimum Gasteiger partial charge on any atom is -0.462 e. The summed E-state index contributed by atoms with van der Waals surface area (Å²) in [5, 5.41) is 11.8. The van der Waals surface area contributed by atoms with Crippen LogP contribution in [-0.4, -0.2) is 47.4 Å². The highest BCUT2D eigenvalue weighted by Crippen LogP contribution is 2.59. The van der Waals surface area contributed by atoms with Gasteiger partial charge in [-0.3, -0.25) is 14.4 Å². The fourth-order valence-electron chi connectivity index (χ4n) is 6.45. The second-order valence-electron chi connectivity index (χ2n) is 10.5. The first-order valence-electron chi connectivity index (χ1n) is 11.5. The number of carbonyl (C=O) groups excluding carboxylic acids is 3. The van der Waals surface area contributed by atoms with Crippen molar-refractivity contribution in [2.24, 2.45) is 22.7 Å². The van der Waals surface area contributed by atoms with Gasteiger partial charge >= 0.3 is 17.9 Å². The second-order valence-corrected chi connectivity index (χ2v) is 10.5. The number of aliphatic hydroxyl groups is 1. The number of esters is 3. The van der Waals surface area contributed by atoms with Crippen LogP contribution in [0.1, 0.15) is 61.3 Å². The van der Waals surface area contributed by atoms with Gasteiger partial charge in [0.25, 0.3) is 0 Å². The molecule has 0 heterocycles. The molecule has 0 spiro atoms. The monoisotopic (exact) mass is 460 g/mol. The molecule has 182 valence electrons. The molecule has 33 heavy (non-hydrogen) atoms. The zero-order valence-corrected chi connectivity index (χ0v) is 20.6. The van der Waals surface area contributed by atoms with E-state index in [1.165, 1.54) is 20.8 Å². The van der Waals surface area contributed by atoms with Crippen molar-refractivity contribution in [3.63, 3.8) is 0 Å². The number of allylic oxidation sites excluding steroid dienone is 2. The summed E-state index contributed by atoms with van der Waals surface area (Å²) in [5.74, 6) is -2.06. The molecule has 3 aliphatic carbocycles. The number of ether oxygens (including phenoxy) is 3. The van der Waals surface area contributed by atoms with Gasteiger partial charge in [-0.15, -0.1) is 0 Å². The van der Waals surface area contributed by atoms with Gasteiger partial charge in [0.15, 0.2) is 6.10 Å². The molecule has 0 amide bonds. The van der Waals surface area contributed by atoms with E-state index in [2.05, 4.69) is 6.58 Å². The molecular weight excluding hydrogens is 424 g/mol. The van der Waals surface area contributed by atoms with Gasteiger partial charge in [-0.1, -0.05) is 39.5 Å². The van der Waals surface area contributed by atoms with E-state index in [-0.39, 0.29) is 5.92 Å². The minimum atomic E-state index is -1.10. The van der Waals surface area contributed by atoms with Crippen LogP contribution in [0.4, 0.5) is 0 Å². The summed E-state index contributed by atoms with van der Waals surface area (Å²) in [4.78, 5) is 36.4. The fourth-order valence-corrected chi connectivity index (χ4v) is 6.45. The molecule has 1 fully saturated rings. The van der Waals surface area contributed by atoms with Crippen LogP contribution >= 0.6 is 0 Å². The predicted molar refractivity (Wildman–Crippen MR) is 122 cm³/mol. The maximum atomic E-state index is 12.3. The highest BCUT2D eigenvalue weighted by atomic mass is 16.6. The van der Waals surface area contributed by atoms with Crippen LogP contribution in [0.5, 0.6) is 0 Å². The van der Waals surface area contributed by atoms with Crippen LogP contribution in [0.2, 0.25) is 0 Å². The van der Waals surface area contributed by atoms with Crippen molar-refractivity contribution in [1.82, 2.24) is 0 Å². The molecular formula is C26H36O7. The normalized spacial score (nSPS) is 37.4. The lowest BCUT2D eigenvalue weighted by Gasteiger charge is -2.58. The van der Waals surface area contributed by atoms with Crippen LogP contribution in [0.3, 0.4) is 0 Å². The van der Waals surface area contributed by atoms with Gasteiger partial charge in [-0.25, -0.2) is 0 Å². The van der Waals surface area contributed by atoms with Crippen molar-refractivity contribution in [3.8, 4) is 0 Å². The summed E-state index contributed by atoms with van der Waals surface area (Å²) in [6.07, 6.45) is 1.54. The number of hydrogen-bond acceptors (Lipinski definition) is 7. The standard InChI is InChI=1S/C26H36O7/c1-13-10-9-11-26(8)20(13)22(32-16(4)28)18-12-19(31-15(3)27)14(2)21(25(18,6)7)23(24(26)30)33-17(5)29/h9-10,18-20,22-24,30H,1,11-12H2,2-8H3/t18-,19-,20-,22+,23+,24-,26+/m0/s1. The summed E-state index contributed by atoms with van der Waals surface area (Å²) >= 11 is 0. The molecule has 0 aliphatic heterocycles. The van der Waals surface area contributed by atoms with Crippen molar-refractivity contribution in [2.75, 3.05) is 0 Å². The molecule has 3 rings (SSSR count). The Morgan fingerprint density at radius 1 is 1.03 bits per heavy atom. The van der Waals surface area contributed by atoms with Gasteiger partial charge in [0.05, 0.1) is 0 Å². The van der Waals surface area contributed by atoms with Crippen LogP contribution < -0.4 is 0 Å². The summed E-state index contributed by atoms with van der Waals surface area (Å²) in [7, 11) is 0. The van der Waals surface area contributed by atoms with Gasteiger partial charge < -0.3 is 19.3 Å². The Bertz CT molecular complexity index is 927. The SMILES string of the molecule is C=C1C=CC[C@@]2(C)[C@@H](O)[C@H](OC(C)=O)C3=C(C)[C@@H](OC(C)=O)C[C@@H]([C@@H](OC(C)=O)[C@H]12)C3(C)C. The van der Waals surface area contributed by atoms with E-state index in [0.717, 1.165) is 11.1 Å². The van der Waals surface area contributed by atoms with Crippen molar-refractivity contribution in [3.05, 3.63) is 35.5 Å². The second kappa shape index (κ2) is 8.75. The van der Waals surface area contributed by atoms with Gasteiger partial charge in [-0.2, -0.15) is 0 Å². The summed E-state index contributed by atoms with van der Waals surface area (Å²) < 4.78 is 17.5. The lowest BCUT2D eigenvalue weighted by molar-refractivity contribution is -0.185. The molecule has 0 aromatic rings. The van der Waals surface area contributed by atoms with Crippen LogP contribution in [0.15, 0.2) is 35.5 Å². The maximum absolute atomic E-state index is 12.3. The first kappa shape index (κ1) is 25.2. The van der Waals surface area contributed by atoms with E-state index in [1.54, 1.807) is 0 Å². The van der Waals surface area contributed by atoms with Crippen molar-refractivity contribution in [2.45, 2.75) is 85.7 Å². The minimum absolute atomic E-state index is 0.275. The molecule has 2 bridgehead atoms. The molecule has 3 aliphatic rings. The summed E-state index contributed by atoms with van der Waals surface area (Å²) in [6.45, 7) is 16.1. The van der Waals surface area contributed by atoms with E-state index in [0.29, 0.717) is 18.4 Å². The molecule has 7 atom stereocenters. The summed E-state index contributed by atoms with van der Waals surface area (Å²) in [5.41, 5.74) is 0.770. The first-order chi connectivity index (χ1) is 15.2. The van der Waals surface area contributed by atoms with Crippen LogP contribution in [0.25, 0.3) is 0 Å². The molecule has 7 nitrogen and oxygen atoms in total. The third kappa shape index (κ3) is 4.27. The zero-order chi connectivity index (χ0) is 24.9. The molecule has 0 unspecified atom stereocenters. The van der Waals surface area contributed by atoms with E-state index in [4.69, 9.17) is 14.2 Å². The summed E-state index contributed by atoms with van der Waals surface area (Å²) in [6, 6.07) is 0. The number of aliphatic hydroxyl groups excluding tert-OH is 1. The smallest absolute Gasteiger partial charge is 0.303 e. The Morgan fingerprint density at radius 2 is 1.61 bits per heavy atom. The van der Waals surface area contributed by atoms with Gasteiger partial charge in [-0.05, 0) is 41.9 Å². The van der Waals surface area contributed by atoms with Crippen molar-refractivity contribution >= 4 is 17.9 Å². The Labute approximate surface area is 195 Å². The number of rotatable bonds is 3. The van der Waals surface area contributed by atoms with Crippen LogP contribution in [0, 0.1) is 22.7 Å². The average molecular weight is 461 g/mol. The molecule has 0 aromatic carbocycles. The molecule has 1 N–H and O–H groups in total. The van der Waals surface area contributed by atoms with Crippen molar-refractivity contribution < 1.29 is 33.7 Å². The van der Waals surface area contributed by atoms with E-state index < -0.39 is 59.1 Å². The Hall–Kier alpha value is -2.41. The van der Waals surface area contributed by atoms with E-state index in [9.17, 15) is 19.5 Å². The number of hydrogen-bond donors (Lipinski definition) is 1. The molecule has 1 saturated carbocycles. The number of carbonyl (C=O) groups is 3. The highest BCUT2D eigenvalue weighted by molar-refractivity contribution is 5.68. The van der Waals surface area contributed by atoms with Crippen molar-refractivity contribution in [1.29, 1.82) is 0 Å². The zero-order valence-electron chi connectivity index (χ0n) is 20.6.